The van der Waals surface area contributed by atoms with Crippen molar-refractivity contribution in [2.24, 2.45) is 0 Å². The monoisotopic (exact) mass is 423 g/mol. The zero-order valence-electron chi connectivity index (χ0n) is 15.3. The van der Waals surface area contributed by atoms with E-state index < -0.39 is 0 Å². The van der Waals surface area contributed by atoms with Crippen LogP contribution in [0.4, 0.5) is 11.4 Å². The van der Waals surface area contributed by atoms with Crippen LogP contribution in [0.15, 0.2) is 42.2 Å². The molecule has 0 unspecified atom stereocenters. The number of nitrogens with one attached hydrogen (secondary N) is 2. The molecule has 29 heavy (non-hydrogen) atoms. The van der Waals surface area contributed by atoms with Crippen LogP contribution in [-0.2, 0) is 0 Å². The van der Waals surface area contributed by atoms with Gasteiger partial charge in [-0.2, -0.15) is 0 Å². The Balaban J connectivity index is 1.37. The zero-order valence-corrected chi connectivity index (χ0v) is 17.0. The van der Waals surface area contributed by atoms with E-state index in [-0.39, 0.29) is 5.91 Å². The Labute approximate surface area is 174 Å². The third-order valence-corrected chi connectivity index (χ3v) is 6.48. The summed E-state index contributed by atoms with van der Waals surface area (Å²) in [7, 11) is 0. The first-order valence-corrected chi connectivity index (χ1v) is 10.9. The summed E-state index contributed by atoms with van der Waals surface area (Å²) >= 11 is 2.86. The first-order valence-electron chi connectivity index (χ1n) is 9.16. The number of thiazole rings is 1. The van der Waals surface area contributed by atoms with Gasteiger partial charge in [-0.1, -0.05) is 17.4 Å². The van der Waals surface area contributed by atoms with Crippen LogP contribution in [0.1, 0.15) is 9.80 Å². The van der Waals surface area contributed by atoms with E-state index in [0.29, 0.717) is 15.7 Å². The molecule has 4 aromatic rings. The van der Waals surface area contributed by atoms with Gasteiger partial charge in [-0.05, 0) is 18.2 Å². The van der Waals surface area contributed by atoms with Gasteiger partial charge in [0.05, 0.1) is 33.3 Å². The lowest BCUT2D eigenvalue weighted by Crippen LogP contribution is -2.43. The number of fused-ring (bicyclic) bond motifs is 1. The molecule has 1 amide bonds. The van der Waals surface area contributed by atoms with Crippen LogP contribution in [-0.4, -0.2) is 52.3 Å². The fraction of sp³-hybridized carbons (Fsp3) is 0.211. The lowest BCUT2D eigenvalue weighted by atomic mass is 10.2. The van der Waals surface area contributed by atoms with E-state index in [1.54, 1.807) is 23.7 Å². The van der Waals surface area contributed by atoms with Crippen molar-refractivity contribution in [3.8, 4) is 10.6 Å². The van der Waals surface area contributed by atoms with Crippen LogP contribution in [0.5, 0.6) is 0 Å². The minimum Gasteiger partial charge on any atom is -0.367 e. The molecule has 1 aromatic carbocycles. The number of hydrogen-bond acceptors (Lipinski definition) is 9. The first kappa shape index (κ1) is 18.1. The van der Waals surface area contributed by atoms with Crippen LogP contribution in [0, 0.1) is 0 Å². The molecule has 8 nitrogen and oxygen atoms in total. The second-order valence-corrected chi connectivity index (χ2v) is 8.40. The van der Waals surface area contributed by atoms with Gasteiger partial charge in [-0.3, -0.25) is 9.78 Å². The number of carbonyl (C=O) groups excluding carboxylic acids is 1. The van der Waals surface area contributed by atoms with Gasteiger partial charge in [0, 0.05) is 37.9 Å². The fourth-order valence-electron chi connectivity index (χ4n) is 3.26. The van der Waals surface area contributed by atoms with Crippen LogP contribution >= 0.6 is 22.7 Å². The van der Waals surface area contributed by atoms with E-state index in [4.69, 9.17) is 0 Å². The first-order chi connectivity index (χ1) is 14.3. The van der Waals surface area contributed by atoms with Crippen molar-refractivity contribution in [2.75, 3.05) is 36.4 Å². The van der Waals surface area contributed by atoms with E-state index in [9.17, 15) is 4.79 Å². The van der Waals surface area contributed by atoms with Crippen molar-refractivity contribution >= 4 is 50.2 Å². The number of amides is 1. The van der Waals surface area contributed by atoms with Crippen molar-refractivity contribution < 1.29 is 4.79 Å². The Morgan fingerprint density at radius 2 is 2.07 bits per heavy atom. The Bertz CT molecular complexity index is 1170. The minimum atomic E-state index is -0.284. The third-order valence-electron chi connectivity index (χ3n) is 4.70. The molecule has 0 radical (unpaired) electrons. The maximum atomic E-state index is 12.8. The van der Waals surface area contributed by atoms with Gasteiger partial charge in [-0.25, -0.2) is 4.98 Å². The Morgan fingerprint density at radius 3 is 2.97 bits per heavy atom. The number of benzene rings is 1. The molecule has 1 aliphatic rings. The van der Waals surface area contributed by atoms with Gasteiger partial charge in [0.15, 0.2) is 0 Å². The summed E-state index contributed by atoms with van der Waals surface area (Å²) in [5.41, 5.74) is 5.29. The fourth-order valence-corrected chi connectivity index (χ4v) is 4.66. The highest BCUT2D eigenvalue weighted by Crippen LogP contribution is 2.29. The maximum absolute atomic E-state index is 12.8. The van der Waals surface area contributed by atoms with Gasteiger partial charge >= 0.3 is 0 Å². The van der Waals surface area contributed by atoms with Gasteiger partial charge in [0.1, 0.15) is 5.01 Å². The molecule has 0 spiro atoms. The van der Waals surface area contributed by atoms with E-state index >= 15 is 0 Å². The minimum absolute atomic E-state index is 0.284. The normalized spacial score (nSPS) is 14.3. The van der Waals surface area contributed by atoms with Gasteiger partial charge in [-0.15, -0.1) is 21.5 Å². The van der Waals surface area contributed by atoms with Gasteiger partial charge in [0.2, 0.25) is 5.01 Å². The van der Waals surface area contributed by atoms with Crippen LogP contribution in [0.2, 0.25) is 0 Å². The van der Waals surface area contributed by atoms with Crippen molar-refractivity contribution in [1.82, 2.24) is 25.5 Å². The van der Waals surface area contributed by atoms with Crippen molar-refractivity contribution in [2.45, 2.75) is 0 Å². The van der Waals surface area contributed by atoms with E-state index in [2.05, 4.69) is 35.7 Å². The number of nitrogens with zero attached hydrogens (tertiary/aromatic N) is 5. The number of piperazine rings is 1. The summed E-state index contributed by atoms with van der Waals surface area (Å²) in [6.07, 6.45) is 3.41. The molecular weight excluding hydrogens is 406 g/mol. The molecular formula is C19H17N7OS2. The van der Waals surface area contributed by atoms with Crippen molar-refractivity contribution in [1.29, 1.82) is 0 Å². The Kier molecular flexibility index (Phi) is 4.88. The smallest absolute Gasteiger partial charge is 0.286 e. The quantitative estimate of drug-likeness (QED) is 0.521. The topological polar surface area (TPSA) is 95.9 Å². The Hall–Kier alpha value is -2.95. The molecule has 1 saturated heterocycles. The predicted molar refractivity (Wildman–Crippen MR) is 116 cm³/mol. The summed E-state index contributed by atoms with van der Waals surface area (Å²) in [6.45, 7) is 3.60. The molecule has 0 saturated carbocycles. The standard InChI is InChI=1S/C19H17N7OS2/c27-17(23-14-10-21-4-3-15(14)26-7-5-20-6-8-26)19-25-24-18(29-19)12-1-2-16-13(9-12)22-11-28-16/h1-4,9-11,20H,5-8H2,(H,23,27). The molecule has 2 N–H and O–H groups in total. The van der Waals surface area contributed by atoms with E-state index in [1.165, 1.54) is 11.3 Å². The number of anilines is 2. The molecule has 146 valence electrons. The largest absolute Gasteiger partial charge is 0.367 e. The number of aromatic nitrogens is 4. The lowest BCUT2D eigenvalue weighted by molar-refractivity contribution is 0.102. The second-order valence-electron chi connectivity index (χ2n) is 6.53. The molecule has 5 rings (SSSR count). The molecule has 10 heteroatoms. The van der Waals surface area contributed by atoms with Gasteiger partial charge < -0.3 is 15.5 Å². The molecule has 0 aliphatic carbocycles. The summed E-state index contributed by atoms with van der Waals surface area (Å²) in [5.74, 6) is -0.284. The number of carbonyl (C=O) groups is 1. The second kappa shape index (κ2) is 7.82. The summed E-state index contributed by atoms with van der Waals surface area (Å²) in [4.78, 5) is 23.5. The summed E-state index contributed by atoms with van der Waals surface area (Å²) < 4.78 is 1.12. The molecule has 1 fully saturated rings. The summed E-state index contributed by atoms with van der Waals surface area (Å²) in [5, 5.41) is 15.6. The SMILES string of the molecule is O=C(Nc1cnccc1N1CCNCC1)c1nnc(-c2ccc3scnc3c2)s1. The molecule has 0 atom stereocenters. The highest BCUT2D eigenvalue weighted by Gasteiger charge is 2.19. The molecule has 4 heterocycles. The highest BCUT2D eigenvalue weighted by atomic mass is 32.1. The average molecular weight is 424 g/mol. The van der Waals surface area contributed by atoms with E-state index in [0.717, 1.165) is 47.6 Å². The maximum Gasteiger partial charge on any atom is 0.286 e. The van der Waals surface area contributed by atoms with Crippen LogP contribution in [0.3, 0.4) is 0 Å². The van der Waals surface area contributed by atoms with Crippen LogP contribution in [0.25, 0.3) is 20.8 Å². The van der Waals surface area contributed by atoms with Crippen molar-refractivity contribution in [3.05, 3.63) is 47.2 Å². The lowest BCUT2D eigenvalue weighted by Gasteiger charge is -2.30. The number of rotatable bonds is 4. The third kappa shape index (κ3) is 3.69. The average Bonchev–Trinajstić information content (AvgIpc) is 3.44. The Morgan fingerprint density at radius 1 is 1.17 bits per heavy atom. The zero-order chi connectivity index (χ0) is 19.6. The number of hydrogen-bond donors (Lipinski definition) is 2. The molecule has 3 aromatic heterocycles. The highest BCUT2D eigenvalue weighted by molar-refractivity contribution is 7.17. The molecule has 0 bridgehead atoms. The van der Waals surface area contributed by atoms with Crippen molar-refractivity contribution in [3.63, 3.8) is 0 Å². The van der Waals surface area contributed by atoms with E-state index in [1.807, 2.05) is 29.8 Å². The van der Waals surface area contributed by atoms with Gasteiger partial charge in [0.25, 0.3) is 5.91 Å². The molecule has 1 aliphatic heterocycles. The number of pyridine rings is 1. The summed E-state index contributed by atoms with van der Waals surface area (Å²) in [6, 6.07) is 7.89. The van der Waals surface area contributed by atoms with Crippen LogP contribution < -0.4 is 15.5 Å². The predicted octanol–water partition coefficient (Wildman–Crippen LogP) is 2.87.